The second-order valence-electron chi connectivity index (χ2n) is 4.30. The fourth-order valence-corrected chi connectivity index (χ4v) is 1.81. The number of hydrogen-bond donors (Lipinski definition) is 1. The maximum absolute atomic E-state index is 12.0. The molecule has 23 heavy (non-hydrogen) atoms. The molecule has 0 fully saturated rings. The van der Waals surface area contributed by atoms with Gasteiger partial charge in [0.15, 0.2) is 0 Å². The highest BCUT2D eigenvalue weighted by molar-refractivity contribution is 6.30. The van der Waals surface area contributed by atoms with E-state index in [2.05, 4.69) is 4.74 Å². The molecule has 0 saturated carbocycles. The molecule has 0 aliphatic carbocycles. The van der Waals surface area contributed by atoms with Gasteiger partial charge in [-0.2, -0.15) is 0 Å². The van der Waals surface area contributed by atoms with Gasteiger partial charge in [-0.15, -0.1) is 13.2 Å². The van der Waals surface area contributed by atoms with Crippen LogP contribution in [0.3, 0.4) is 0 Å². The first-order chi connectivity index (χ1) is 10.7. The summed E-state index contributed by atoms with van der Waals surface area (Å²) in [6.07, 6.45) is -3.58. The summed E-state index contributed by atoms with van der Waals surface area (Å²) in [5.41, 5.74) is -1.33. The minimum absolute atomic E-state index is 0.0434. The molecule has 0 radical (unpaired) electrons. The molecule has 0 atom stereocenters. The summed E-state index contributed by atoms with van der Waals surface area (Å²) in [6, 6.07) is 4.80. The summed E-state index contributed by atoms with van der Waals surface area (Å²) in [4.78, 5) is 24.6. The van der Waals surface area contributed by atoms with Crippen LogP contribution >= 0.6 is 11.6 Å². The van der Waals surface area contributed by atoms with Crippen molar-refractivity contribution in [2.45, 2.75) is 12.9 Å². The van der Waals surface area contributed by atoms with Gasteiger partial charge < -0.3 is 9.47 Å². The molecular weight excluding hydrogens is 341 g/mol. The van der Waals surface area contributed by atoms with E-state index in [1.807, 2.05) is 4.98 Å². The van der Waals surface area contributed by atoms with Crippen LogP contribution in [0, 0.1) is 0 Å². The smallest absolute Gasteiger partial charge is 0.492 e. The third kappa shape index (κ3) is 5.06. The van der Waals surface area contributed by atoms with Crippen molar-refractivity contribution in [2.24, 2.45) is 0 Å². The van der Waals surface area contributed by atoms with Crippen molar-refractivity contribution in [1.29, 1.82) is 0 Å². The molecule has 1 N–H and O–H groups in total. The summed E-state index contributed by atoms with van der Waals surface area (Å²) < 4.78 is 46.2. The van der Waals surface area contributed by atoms with Gasteiger partial charge in [0.05, 0.1) is 6.54 Å². The van der Waals surface area contributed by atoms with Gasteiger partial charge in [-0.3, -0.25) is 14.3 Å². The second-order valence-corrected chi connectivity index (χ2v) is 4.70. The van der Waals surface area contributed by atoms with Crippen molar-refractivity contribution in [2.75, 3.05) is 6.61 Å². The van der Waals surface area contributed by atoms with Crippen LogP contribution in [0.2, 0.25) is 5.02 Å². The molecular formula is C13H10ClF3N2O4. The van der Waals surface area contributed by atoms with E-state index in [1.54, 1.807) is 0 Å². The first kappa shape index (κ1) is 16.9. The third-order valence-corrected chi connectivity index (χ3v) is 2.89. The molecule has 10 heteroatoms. The summed E-state index contributed by atoms with van der Waals surface area (Å²) >= 11 is 5.60. The molecule has 0 aliphatic rings. The summed E-state index contributed by atoms with van der Waals surface area (Å²) in [7, 11) is 0. The fraction of sp³-hybridized carbons (Fsp3) is 0.231. The molecule has 0 bridgehead atoms. The maximum Gasteiger partial charge on any atom is 0.573 e. The summed E-state index contributed by atoms with van der Waals surface area (Å²) in [5.74, 6) is -0.0726. The van der Waals surface area contributed by atoms with Crippen molar-refractivity contribution >= 4 is 11.6 Å². The Kier molecular flexibility index (Phi) is 4.99. The molecule has 2 rings (SSSR count). The number of aromatic nitrogens is 2. The van der Waals surface area contributed by atoms with Crippen LogP contribution < -0.4 is 20.7 Å². The van der Waals surface area contributed by atoms with Gasteiger partial charge in [-0.1, -0.05) is 11.6 Å². The Morgan fingerprint density at radius 1 is 1.13 bits per heavy atom. The van der Waals surface area contributed by atoms with Crippen LogP contribution in [0.25, 0.3) is 0 Å². The number of aromatic amines is 1. The van der Waals surface area contributed by atoms with Crippen molar-refractivity contribution in [1.82, 2.24) is 9.55 Å². The lowest BCUT2D eigenvalue weighted by molar-refractivity contribution is -0.274. The third-order valence-electron chi connectivity index (χ3n) is 2.63. The number of H-pyrrole nitrogens is 1. The van der Waals surface area contributed by atoms with Gasteiger partial charge in [0.2, 0.25) is 0 Å². The highest BCUT2D eigenvalue weighted by atomic mass is 35.5. The van der Waals surface area contributed by atoms with Crippen LogP contribution in [0.4, 0.5) is 13.2 Å². The molecule has 0 spiro atoms. The van der Waals surface area contributed by atoms with Gasteiger partial charge in [0, 0.05) is 6.20 Å². The van der Waals surface area contributed by atoms with E-state index >= 15 is 0 Å². The fourth-order valence-electron chi connectivity index (χ4n) is 1.65. The standard InChI is InChI=1S/C13H10ClF3N2O4/c14-10-7-19(12(21)18-11(10)20)5-6-22-8-1-3-9(4-2-8)23-13(15,16)17/h1-4,7H,5-6H2,(H,18,20,21). The maximum atomic E-state index is 12.0. The highest BCUT2D eigenvalue weighted by Gasteiger charge is 2.30. The Labute approximate surface area is 132 Å². The highest BCUT2D eigenvalue weighted by Crippen LogP contribution is 2.24. The van der Waals surface area contributed by atoms with Crippen LogP contribution in [0.5, 0.6) is 11.5 Å². The summed E-state index contributed by atoms with van der Waals surface area (Å²) in [5, 5.41) is -0.141. The number of hydrogen-bond acceptors (Lipinski definition) is 4. The lowest BCUT2D eigenvalue weighted by atomic mass is 10.3. The van der Waals surface area contributed by atoms with Gasteiger partial charge >= 0.3 is 12.1 Å². The molecule has 0 saturated heterocycles. The molecule has 0 amide bonds. The summed E-state index contributed by atoms with van der Waals surface area (Å²) in [6.45, 7) is 0.137. The number of alkyl halides is 3. The number of rotatable bonds is 5. The second kappa shape index (κ2) is 6.78. The van der Waals surface area contributed by atoms with Gasteiger partial charge in [-0.05, 0) is 24.3 Å². The lowest BCUT2D eigenvalue weighted by Gasteiger charge is -2.10. The van der Waals surface area contributed by atoms with E-state index in [1.165, 1.54) is 18.3 Å². The number of nitrogens with zero attached hydrogens (tertiary/aromatic N) is 1. The molecule has 124 valence electrons. The van der Waals surface area contributed by atoms with Crippen molar-refractivity contribution in [3.05, 3.63) is 56.3 Å². The lowest BCUT2D eigenvalue weighted by Crippen LogP contribution is -2.31. The number of benzene rings is 1. The normalized spacial score (nSPS) is 11.3. The Balaban J connectivity index is 1.93. The largest absolute Gasteiger partial charge is 0.573 e. The molecule has 1 aromatic carbocycles. The number of halogens is 4. The van der Waals surface area contributed by atoms with Crippen LogP contribution in [-0.4, -0.2) is 22.5 Å². The van der Waals surface area contributed by atoms with Gasteiger partial charge in [0.25, 0.3) is 5.56 Å². The first-order valence-electron chi connectivity index (χ1n) is 6.22. The molecule has 6 nitrogen and oxygen atoms in total. The van der Waals surface area contributed by atoms with E-state index in [0.717, 1.165) is 16.7 Å². The van der Waals surface area contributed by atoms with Gasteiger partial charge in [-0.25, -0.2) is 4.79 Å². The predicted molar refractivity (Wildman–Crippen MR) is 75.0 cm³/mol. The SMILES string of the molecule is O=c1[nH]c(=O)n(CCOc2ccc(OC(F)(F)F)cc2)cc1Cl. The minimum Gasteiger partial charge on any atom is -0.492 e. The quantitative estimate of drug-likeness (QED) is 0.897. The molecule has 0 unspecified atom stereocenters. The zero-order valence-corrected chi connectivity index (χ0v) is 12.1. The zero-order valence-electron chi connectivity index (χ0n) is 11.4. The van der Waals surface area contributed by atoms with E-state index in [4.69, 9.17) is 16.3 Å². The van der Waals surface area contributed by atoms with Crippen LogP contribution in [0.15, 0.2) is 40.1 Å². The monoisotopic (exact) mass is 350 g/mol. The number of nitrogens with one attached hydrogen (secondary N) is 1. The first-order valence-corrected chi connectivity index (χ1v) is 6.60. The van der Waals surface area contributed by atoms with E-state index in [0.29, 0.717) is 5.75 Å². The average Bonchev–Trinajstić information content (AvgIpc) is 2.44. The molecule has 1 heterocycles. The number of ether oxygens (including phenoxy) is 2. The average molecular weight is 351 g/mol. The molecule has 0 aliphatic heterocycles. The minimum atomic E-state index is -4.76. The Morgan fingerprint density at radius 3 is 2.35 bits per heavy atom. The van der Waals surface area contributed by atoms with Crippen molar-refractivity contribution < 1.29 is 22.6 Å². The Morgan fingerprint density at radius 2 is 1.74 bits per heavy atom. The van der Waals surface area contributed by atoms with Crippen molar-refractivity contribution in [3.63, 3.8) is 0 Å². The van der Waals surface area contributed by atoms with E-state index in [9.17, 15) is 22.8 Å². The molecule has 2 aromatic rings. The Bertz CT molecular complexity index is 784. The van der Waals surface area contributed by atoms with E-state index in [-0.39, 0.29) is 23.9 Å². The van der Waals surface area contributed by atoms with Crippen LogP contribution in [-0.2, 0) is 6.54 Å². The Hall–Kier alpha value is -2.42. The zero-order chi connectivity index (χ0) is 17.0. The topological polar surface area (TPSA) is 73.3 Å². The molecule has 1 aromatic heterocycles. The van der Waals surface area contributed by atoms with Crippen LogP contribution in [0.1, 0.15) is 0 Å². The van der Waals surface area contributed by atoms with E-state index < -0.39 is 17.6 Å². The predicted octanol–water partition coefficient (Wildman–Crippen LogP) is 2.17. The van der Waals surface area contributed by atoms with Gasteiger partial charge in [0.1, 0.15) is 23.1 Å². The van der Waals surface area contributed by atoms with Crippen molar-refractivity contribution in [3.8, 4) is 11.5 Å².